The second kappa shape index (κ2) is 5.92. The van der Waals surface area contributed by atoms with Gasteiger partial charge in [-0.15, -0.1) is 0 Å². The molecule has 2 aromatic carbocycles. The molecular weight excluding hydrogens is 333 g/mol. The monoisotopic (exact) mass is 351 g/mol. The van der Waals surface area contributed by atoms with Gasteiger partial charge in [-0.1, -0.05) is 0 Å². The van der Waals surface area contributed by atoms with Crippen LogP contribution in [-0.4, -0.2) is 27.2 Å². The second-order valence-electron chi connectivity index (χ2n) is 6.96. The zero-order valence-electron chi connectivity index (χ0n) is 14.1. The number of fused-ring (bicyclic) bond motifs is 6. The van der Waals surface area contributed by atoms with E-state index >= 15 is 0 Å². The Morgan fingerprint density at radius 1 is 1.04 bits per heavy atom. The van der Waals surface area contributed by atoms with Gasteiger partial charge in [0.25, 0.3) is 6.01 Å². The van der Waals surface area contributed by atoms with E-state index in [1.807, 2.05) is 6.07 Å². The maximum atomic E-state index is 13.8. The fraction of sp³-hybridized carbons (Fsp3) is 0.300. The molecule has 5 rings (SSSR count). The number of halogens is 1. The van der Waals surface area contributed by atoms with Gasteiger partial charge < -0.3 is 14.8 Å². The van der Waals surface area contributed by atoms with E-state index in [1.54, 1.807) is 18.5 Å². The highest BCUT2D eigenvalue weighted by atomic mass is 19.1. The zero-order chi connectivity index (χ0) is 17.7. The van der Waals surface area contributed by atoms with Crippen LogP contribution in [0.5, 0.6) is 0 Å². The van der Waals surface area contributed by atoms with Gasteiger partial charge in [-0.05, 0) is 55.3 Å². The molecule has 4 aromatic rings. The lowest BCUT2D eigenvalue weighted by Gasteiger charge is -2.25. The van der Waals surface area contributed by atoms with E-state index in [4.69, 9.17) is 4.42 Å². The lowest BCUT2D eigenvalue weighted by atomic mass is 9.93. The van der Waals surface area contributed by atoms with Crippen LogP contribution in [0.3, 0.4) is 0 Å². The molecule has 2 aromatic heterocycles. The van der Waals surface area contributed by atoms with Crippen molar-refractivity contribution >= 4 is 38.7 Å². The first-order valence-corrected chi connectivity index (χ1v) is 8.89. The van der Waals surface area contributed by atoms with Crippen molar-refractivity contribution in [3.05, 3.63) is 42.5 Å². The standard InChI is InChI=1S/C20H18FN3O2/c21-11-1-6-14-16(9-11)17-10-22-8-7-15(17)19-18(14)24-20(26-19)23-12-2-4-13(25)5-3-12/h1,6-10,12-13,25H,2-5H2,(H,23,24)/t12-,13-. The predicted octanol–water partition coefficient (Wildman–Crippen LogP) is 4.38. The molecule has 0 atom stereocenters. The minimum absolute atomic E-state index is 0.202. The minimum atomic E-state index is -0.287. The van der Waals surface area contributed by atoms with E-state index < -0.39 is 0 Å². The highest BCUT2D eigenvalue weighted by Gasteiger charge is 2.22. The molecular formula is C20H18FN3O2. The van der Waals surface area contributed by atoms with Crippen LogP contribution in [0.15, 0.2) is 41.1 Å². The largest absolute Gasteiger partial charge is 0.423 e. The number of aliphatic hydroxyl groups is 1. The molecule has 0 aliphatic heterocycles. The van der Waals surface area contributed by atoms with Gasteiger partial charge in [0.2, 0.25) is 0 Å². The second-order valence-corrected chi connectivity index (χ2v) is 6.96. The van der Waals surface area contributed by atoms with Crippen molar-refractivity contribution in [1.29, 1.82) is 0 Å². The predicted molar refractivity (Wildman–Crippen MR) is 98.7 cm³/mol. The Bertz CT molecular complexity index is 1120. The van der Waals surface area contributed by atoms with Crippen LogP contribution in [0.2, 0.25) is 0 Å². The van der Waals surface area contributed by atoms with E-state index in [0.29, 0.717) is 11.6 Å². The van der Waals surface area contributed by atoms with Crippen molar-refractivity contribution in [3.63, 3.8) is 0 Å². The summed E-state index contributed by atoms with van der Waals surface area (Å²) in [4.78, 5) is 8.83. The van der Waals surface area contributed by atoms with Crippen LogP contribution in [0.25, 0.3) is 32.6 Å². The van der Waals surface area contributed by atoms with Gasteiger partial charge in [-0.2, -0.15) is 4.98 Å². The molecule has 2 N–H and O–H groups in total. The Balaban J connectivity index is 1.67. The third-order valence-electron chi connectivity index (χ3n) is 5.24. The summed E-state index contributed by atoms with van der Waals surface area (Å²) in [5, 5.41) is 16.4. The Labute approximate surface area is 148 Å². The molecule has 0 bridgehead atoms. The number of aliphatic hydroxyl groups excluding tert-OH is 1. The summed E-state index contributed by atoms with van der Waals surface area (Å²) in [6.45, 7) is 0. The number of anilines is 1. The third kappa shape index (κ3) is 2.49. The fourth-order valence-corrected chi connectivity index (χ4v) is 3.89. The van der Waals surface area contributed by atoms with Gasteiger partial charge in [-0.25, -0.2) is 4.39 Å². The lowest BCUT2D eigenvalue weighted by Crippen LogP contribution is -2.28. The molecule has 0 unspecified atom stereocenters. The quantitative estimate of drug-likeness (QED) is 0.524. The molecule has 1 fully saturated rings. The van der Waals surface area contributed by atoms with Gasteiger partial charge in [0, 0.05) is 34.6 Å². The summed E-state index contributed by atoms with van der Waals surface area (Å²) < 4.78 is 19.9. The van der Waals surface area contributed by atoms with Crippen molar-refractivity contribution in [3.8, 4) is 0 Å². The summed E-state index contributed by atoms with van der Waals surface area (Å²) in [5.74, 6) is -0.287. The Hall–Kier alpha value is -2.73. The number of nitrogens with zero attached hydrogens (tertiary/aromatic N) is 2. The van der Waals surface area contributed by atoms with Gasteiger partial charge >= 0.3 is 0 Å². The van der Waals surface area contributed by atoms with E-state index in [9.17, 15) is 9.50 Å². The van der Waals surface area contributed by atoms with Crippen LogP contribution in [0.4, 0.5) is 10.4 Å². The first-order valence-electron chi connectivity index (χ1n) is 8.89. The van der Waals surface area contributed by atoms with E-state index in [2.05, 4.69) is 15.3 Å². The number of nitrogens with one attached hydrogen (secondary N) is 1. The normalized spacial score (nSPS) is 20.8. The molecule has 132 valence electrons. The summed E-state index contributed by atoms with van der Waals surface area (Å²) in [5.41, 5.74) is 1.40. The lowest BCUT2D eigenvalue weighted by molar-refractivity contribution is 0.125. The van der Waals surface area contributed by atoms with Crippen LogP contribution in [0, 0.1) is 5.82 Å². The highest BCUT2D eigenvalue weighted by molar-refractivity contribution is 6.22. The molecule has 2 heterocycles. The number of oxazole rings is 1. The molecule has 0 amide bonds. The van der Waals surface area contributed by atoms with Crippen molar-refractivity contribution in [2.75, 3.05) is 5.32 Å². The summed E-state index contributed by atoms with van der Waals surface area (Å²) in [7, 11) is 0. The maximum absolute atomic E-state index is 13.8. The van der Waals surface area contributed by atoms with Crippen molar-refractivity contribution in [2.24, 2.45) is 0 Å². The third-order valence-corrected chi connectivity index (χ3v) is 5.24. The number of hydrogen-bond acceptors (Lipinski definition) is 5. The molecule has 5 nitrogen and oxygen atoms in total. The first kappa shape index (κ1) is 15.5. The van der Waals surface area contributed by atoms with E-state index in [1.165, 1.54) is 12.1 Å². The van der Waals surface area contributed by atoms with Crippen LogP contribution in [0.1, 0.15) is 25.7 Å². The molecule has 26 heavy (non-hydrogen) atoms. The Morgan fingerprint density at radius 2 is 1.88 bits per heavy atom. The smallest absolute Gasteiger partial charge is 0.295 e. The number of pyridine rings is 1. The summed E-state index contributed by atoms with van der Waals surface area (Å²) >= 11 is 0. The van der Waals surface area contributed by atoms with Crippen LogP contribution < -0.4 is 5.32 Å². The van der Waals surface area contributed by atoms with Crippen molar-refractivity contribution < 1.29 is 13.9 Å². The Kier molecular flexibility index (Phi) is 3.53. The number of hydrogen-bond donors (Lipinski definition) is 2. The summed E-state index contributed by atoms with van der Waals surface area (Å²) in [6.07, 6.45) is 6.57. The summed E-state index contributed by atoms with van der Waals surface area (Å²) in [6, 6.07) is 7.27. The Morgan fingerprint density at radius 3 is 2.73 bits per heavy atom. The highest BCUT2D eigenvalue weighted by Crippen LogP contribution is 2.36. The molecule has 1 saturated carbocycles. The van der Waals surface area contributed by atoms with Crippen molar-refractivity contribution in [1.82, 2.24) is 9.97 Å². The molecule has 0 spiro atoms. The van der Waals surface area contributed by atoms with Gasteiger partial charge in [0.1, 0.15) is 11.3 Å². The molecule has 0 radical (unpaired) electrons. The fourth-order valence-electron chi connectivity index (χ4n) is 3.89. The van der Waals surface area contributed by atoms with Gasteiger partial charge in [-0.3, -0.25) is 4.98 Å². The minimum Gasteiger partial charge on any atom is -0.423 e. The zero-order valence-corrected chi connectivity index (χ0v) is 14.1. The number of aromatic nitrogens is 2. The topological polar surface area (TPSA) is 71.2 Å². The van der Waals surface area contributed by atoms with Gasteiger partial charge in [0.05, 0.1) is 6.10 Å². The average molecular weight is 351 g/mol. The van der Waals surface area contributed by atoms with Crippen LogP contribution in [-0.2, 0) is 0 Å². The van der Waals surface area contributed by atoms with Gasteiger partial charge in [0.15, 0.2) is 5.58 Å². The van der Waals surface area contributed by atoms with E-state index in [0.717, 1.165) is 52.7 Å². The SMILES string of the molecule is O[C@H]1CC[C@H](Nc2nc3c4ccc(F)cc4c4cnccc4c3o2)CC1. The van der Waals surface area contributed by atoms with Crippen LogP contribution >= 0.6 is 0 Å². The first-order chi connectivity index (χ1) is 12.7. The number of benzene rings is 2. The molecule has 0 saturated heterocycles. The molecule has 6 heteroatoms. The van der Waals surface area contributed by atoms with Crippen molar-refractivity contribution in [2.45, 2.75) is 37.8 Å². The maximum Gasteiger partial charge on any atom is 0.295 e. The molecule has 1 aliphatic carbocycles. The van der Waals surface area contributed by atoms with E-state index in [-0.39, 0.29) is 18.0 Å². The molecule has 1 aliphatic rings. The number of rotatable bonds is 2. The average Bonchev–Trinajstić information content (AvgIpc) is 3.08.